The zero-order valence-electron chi connectivity index (χ0n) is 10.8. The molecule has 0 N–H and O–H groups in total. The average molecular weight is 397 g/mol. The monoisotopic (exact) mass is 395 g/mol. The molecule has 5 heteroatoms. The first kappa shape index (κ1) is 15.4. The van der Waals surface area contributed by atoms with Crippen LogP contribution in [0.2, 0.25) is 0 Å². The second kappa shape index (κ2) is 6.64. The molecule has 0 aliphatic carbocycles. The van der Waals surface area contributed by atoms with E-state index in [1.54, 1.807) is 0 Å². The normalized spacial score (nSPS) is 19.6. The molecule has 19 heavy (non-hydrogen) atoms. The Kier molecular flexibility index (Phi) is 5.37. The van der Waals surface area contributed by atoms with Gasteiger partial charge in [-0.15, -0.1) is 0 Å². The molecule has 1 nitrogen and oxygen atoms in total. The Hall–Kier alpha value is -0.0000000000000000555. The maximum atomic E-state index is 13.9. The quantitative estimate of drug-likeness (QED) is 0.527. The van der Waals surface area contributed by atoms with E-state index in [1.165, 1.54) is 12.1 Å². The van der Waals surface area contributed by atoms with Crippen LogP contribution in [-0.4, -0.2) is 22.8 Å². The Morgan fingerprint density at radius 3 is 2.53 bits per heavy atom. The third kappa shape index (κ3) is 3.76. The van der Waals surface area contributed by atoms with Crippen LogP contribution in [0, 0.1) is 17.6 Å². The van der Waals surface area contributed by atoms with Crippen LogP contribution < -0.4 is 0 Å². The van der Waals surface area contributed by atoms with Gasteiger partial charge in [0.1, 0.15) is 11.6 Å². The van der Waals surface area contributed by atoms with Crippen molar-refractivity contribution in [2.75, 3.05) is 13.1 Å². The van der Waals surface area contributed by atoms with Crippen molar-refractivity contribution in [3.8, 4) is 0 Å². The number of rotatable bonds is 3. The number of likely N-dealkylation sites (tertiary alicyclic amines) is 1. The van der Waals surface area contributed by atoms with Gasteiger partial charge in [0.25, 0.3) is 0 Å². The molecule has 1 aliphatic heterocycles. The molecular weight excluding hydrogens is 380 g/mol. The lowest BCUT2D eigenvalue weighted by Crippen LogP contribution is -2.35. The predicted octanol–water partition coefficient (Wildman–Crippen LogP) is 4.72. The van der Waals surface area contributed by atoms with E-state index < -0.39 is 11.6 Å². The summed E-state index contributed by atoms with van der Waals surface area (Å²) in [6, 6.07) is 2.72. The largest absolute Gasteiger partial charge is 0.299 e. The van der Waals surface area contributed by atoms with Crippen molar-refractivity contribution in [2.45, 2.75) is 31.1 Å². The molecule has 0 amide bonds. The lowest BCUT2D eigenvalue weighted by molar-refractivity contribution is 0.174. The van der Waals surface area contributed by atoms with Gasteiger partial charge in [-0.1, -0.05) is 22.9 Å². The molecule has 1 saturated heterocycles. The summed E-state index contributed by atoms with van der Waals surface area (Å²) in [6.07, 6.45) is 2.15. The van der Waals surface area contributed by atoms with E-state index in [2.05, 4.69) is 43.7 Å². The molecule has 0 spiro atoms. The van der Waals surface area contributed by atoms with Crippen molar-refractivity contribution in [3.63, 3.8) is 0 Å². The van der Waals surface area contributed by atoms with Crippen LogP contribution in [0.5, 0.6) is 0 Å². The van der Waals surface area contributed by atoms with Crippen LogP contribution in [0.1, 0.15) is 25.3 Å². The number of hydrogen-bond acceptors (Lipinski definition) is 1. The summed E-state index contributed by atoms with van der Waals surface area (Å²) < 4.78 is 27.9. The highest BCUT2D eigenvalue weighted by Crippen LogP contribution is 2.28. The molecule has 106 valence electrons. The molecule has 2 rings (SSSR count). The summed E-state index contributed by atoms with van der Waals surface area (Å²) in [5, 5.41) is 0. The maximum Gasteiger partial charge on any atom is 0.144 e. The number of halogens is 4. The van der Waals surface area contributed by atoms with Gasteiger partial charge in [0.2, 0.25) is 0 Å². The van der Waals surface area contributed by atoms with Gasteiger partial charge in [-0.3, -0.25) is 4.90 Å². The zero-order chi connectivity index (χ0) is 14.0. The molecule has 0 saturated carbocycles. The van der Waals surface area contributed by atoms with E-state index in [0.717, 1.165) is 25.9 Å². The van der Waals surface area contributed by atoms with Crippen LogP contribution in [0.15, 0.2) is 16.6 Å². The fourth-order valence-corrected chi connectivity index (χ4v) is 3.41. The van der Waals surface area contributed by atoms with Gasteiger partial charge in [0.15, 0.2) is 0 Å². The van der Waals surface area contributed by atoms with E-state index in [4.69, 9.17) is 0 Å². The lowest BCUT2D eigenvalue weighted by Gasteiger charge is -2.33. The highest BCUT2D eigenvalue weighted by molar-refractivity contribution is 9.10. The Labute approximate surface area is 129 Å². The second-order valence-electron chi connectivity index (χ2n) is 5.11. The SMILES string of the molecule is CC(Br)C1CCN(Cc2c(F)ccc(Br)c2F)CC1. The van der Waals surface area contributed by atoms with Gasteiger partial charge >= 0.3 is 0 Å². The topological polar surface area (TPSA) is 3.24 Å². The highest BCUT2D eigenvalue weighted by atomic mass is 79.9. The number of benzene rings is 1. The number of nitrogens with zero attached hydrogens (tertiary/aromatic N) is 1. The van der Waals surface area contributed by atoms with Crippen LogP contribution in [0.25, 0.3) is 0 Å². The first-order valence-corrected chi connectivity index (χ1v) is 8.18. The minimum Gasteiger partial charge on any atom is -0.299 e. The second-order valence-corrected chi connectivity index (χ2v) is 7.41. The lowest BCUT2D eigenvalue weighted by atomic mass is 9.94. The smallest absolute Gasteiger partial charge is 0.144 e. The van der Waals surface area contributed by atoms with Crippen LogP contribution in [-0.2, 0) is 6.54 Å². The molecule has 1 fully saturated rings. The third-order valence-corrected chi connectivity index (χ3v) is 5.16. The Bertz CT molecular complexity index is 443. The van der Waals surface area contributed by atoms with Gasteiger partial charge < -0.3 is 0 Å². The van der Waals surface area contributed by atoms with E-state index in [1.807, 2.05) is 0 Å². The van der Waals surface area contributed by atoms with Crippen LogP contribution >= 0.6 is 31.9 Å². The van der Waals surface area contributed by atoms with E-state index in [-0.39, 0.29) is 5.56 Å². The fraction of sp³-hybridized carbons (Fsp3) is 0.571. The van der Waals surface area contributed by atoms with Crippen molar-refractivity contribution >= 4 is 31.9 Å². The molecule has 0 radical (unpaired) electrons. The fourth-order valence-electron chi connectivity index (χ4n) is 2.51. The molecule has 1 aromatic rings. The van der Waals surface area contributed by atoms with Crippen molar-refractivity contribution in [2.24, 2.45) is 5.92 Å². The van der Waals surface area contributed by atoms with Gasteiger partial charge in [0.05, 0.1) is 4.47 Å². The molecule has 1 heterocycles. The van der Waals surface area contributed by atoms with Crippen molar-refractivity contribution < 1.29 is 8.78 Å². The molecule has 1 unspecified atom stereocenters. The average Bonchev–Trinajstić information content (AvgIpc) is 2.40. The molecule has 0 aromatic heterocycles. The molecule has 1 aliphatic rings. The van der Waals surface area contributed by atoms with E-state index >= 15 is 0 Å². The van der Waals surface area contributed by atoms with Gasteiger partial charge in [0, 0.05) is 16.9 Å². The van der Waals surface area contributed by atoms with Gasteiger partial charge in [-0.25, -0.2) is 8.78 Å². The Balaban J connectivity index is 2.02. The molecule has 1 aromatic carbocycles. The summed E-state index contributed by atoms with van der Waals surface area (Å²) in [5.74, 6) is -0.277. The van der Waals surface area contributed by atoms with E-state index in [9.17, 15) is 8.78 Å². The molecule has 0 bridgehead atoms. The first-order valence-electron chi connectivity index (χ1n) is 6.48. The Morgan fingerprint density at radius 1 is 1.32 bits per heavy atom. The highest BCUT2D eigenvalue weighted by Gasteiger charge is 2.24. The number of alkyl halides is 1. The zero-order valence-corrected chi connectivity index (χ0v) is 14.0. The summed E-state index contributed by atoms with van der Waals surface area (Å²) in [7, 11) is 0. The minimum absolute atomic E-state index is 0.166. The third-order valence-electron chi connectivity index (χ3n) is 3.80. The van der Waals surface area contributed by atoms with Crippen LogP contribution in [0.4, 0.5) is 8.78 Å². The van der Waals surface area contributed by atoms with Crippen molar-refractivity contribution in [3.05, 3.63) is 33.8 Å². The summed E-state index contributed by atoms with van der Waals surface area (Å²) >= 11 is 6.72. The van der Waals surface area contributed by atoms with Gasteiger partial charge in [-0.05, 0) is 59.9 Å². The minimum atomic E-state index is -0.476. The van der Waals surface area contributed by atoms with Crippen LogP contribution in [0.3, 0.4) is 0 Å². The number of piperidine rings is 1. The van der Waals surface area contributed by atoms with E-state index in [0.29, 0.717) is 21.8 Å². The standard InChI is InChI=1S/C14H17Br2F2N/c1-9(15)10-4-6-19(7-5-10)8-11-13(17)3-2-12(16)14(11)18/h2-3,9-10H,4-8H2,1H3. The first-order chi connectivity index (χ1) is 8.99. The molecular formula is C14H17Br2F2N. The van der Waals surface area contributed by atoms with Gasteiger partial charge in [-0.2, -0.15) is 0 Å². The summed E-state index contributed by atoms with van der Waals surface area (Å²) in [4.78, 5) is 2.63. The molecule has 1 atom stereocenters. The Morgan fingerprint density at radius 2 is 1.95 bits per heavy atom. The van der Waals surface area contributed by atoms with Crippen molar-refractivity contribution in [1.82, 2.24) is 4.90 Å². The summed E-state index contributed by atoms with van der Waals surface area (Å²) in [5.41, 5.74) is 0.166. The summed E-state index contributed by atoms with van der Waals surface area (Å²) in [6.45, 7) is 4.30. The number of hydrogen-bond donors (Lipinski definition) is 0. The maximum absolute atomic E-state index is 13.9. The predicted molar refractivity (Wildman–Crippen MR) is 80.4 cm³/mol. The van der Waals surface area contributed by atoms with Crippen molar-refractivity contribution in [1.29, 1.82) is 0 Å².